The molecule has 0 bridgehead atoms. The lowest BCUT2D eigenvalue weighted by atomic mass is 10.1. The molecule has 1 aliphatic carbocycles. The average molecular weight is 608 g/mol. The van der Waals surface area contributed by atoms with Crippen LogP contribution in [-0.2, 0) is 26.2 Å². The van der Waals surface area contributed by atoms with Gasteiger partial charge in [-0.2, -0.15) is 0 Å². The number of aryl methyl sites for hydroxylation is 1. The van der Waals surface area contributed by atoms with E-state index in [4.69, 9.17) is 9.47 Å². The molecule has 9 nitrogen and oxygen atoms in total. The predicted octanol–water partition coefficient (Wildman–Crippen LogP) is 5.07. The van der Waals surface area contributed by atoms with Crippen molar-refractivity contribution in [2.45, 2.75) is 69.5 Å². The molecule has 1 N–H and O–H groups in total. The predicted molar refractivity (Wildman–Crippen MR) is 167 cm³/mol. The van der Waals surface area contributed by atoms with Crippen LogP contribution in [0.15, 0.2) is 77.7 Å². The van der Waals surface area contributed by atoms with Crippen molar-refractivity contribution >= 4 is 27.5 Å². The average Bonchev–Trinajstić information content (AvgIpc) is 3.53. The Hall–Kier alpha value is -4.05. The Morgan fingerprint density at radius 3 is 2.33 bits per heavy atom. The van der Waals surface area contributed by atoms with E-state index in [0.29, 0.717) is 17.9 Å². The molecule has 2 amide bonds. The molecule has 43 heavy (non-hydrogen) atoms. The summed E-state index contributed by atoms with van der Waals surface area (Å²) in [5.74, 6) is 0.171. The van der Waals surface area contributed by atoms with Crippen molar-refractivity contribution in [1.82, 2.24) is 10.2 Å². The standard InChI is InChI=1S/C33H41N3O6S/c1-5-29(33(38)34-26-13-9-10-14-26)35(22-25-12-11-15-27(21-25)41-3)32(37)23-36(30-20-24(2)18-19-31(30)42-4)43(39,40)28-16-7-6-8-17-28/h6-8,11-12,15-21,26,29H,5,9-10,13-14,22-23H2,1-4H3,(H,34,38)/t29-/m0/s1. The van der Waals surface area contributed by atoms with Crippen molar-refractivity contribution in [1.29, 1.82) is 0 Å². The number of nitrogens with zero attached hydrogens (tertiary/aromatic N) is 2. The lowest BCUT2D eigenvalue weighted by molar-refractivity contribution is -0.140. The Morgan fingerprint density at radius 2 is 1.67 bits per heavy atom. The molecule has 1 aliphatic rings. The number of sulfonamides is 1. The summed E-state index contributed by atoms with van der Waals surface area (Å²) in [6.45, 7) is 3.26. The van der Waals surface area contributed by atoms with Crippen LogP contribution in [0.25, 0.3) is 0 Å². The molecular formula is C33H41N3O6S. The van der Waals surface area contributed by atoms with Crippen LogP contribution in [0.3, 0.4) is 0 Å². The molecule has 230 valence electrons. The van der Waals surface area contributed by atoms with Crippen molar-refractivity contribution in [3.8, 4) is 11.5 Å². The SMILES string of the molecule is CC[C@@H](C(=O)NC1CCCC1)N(Cc1cccc(OC)c1)C(=O)CN(c1cc(C)ccc1OC)S(=O)(=O)c1ccccc1. The molecule has 1 atom stereocenters. The second-order valence-corrected chi connectivity index (χ2v) is 12.6. The smallest absolute Gasteiger partial charge is 0.264 e. The maximum Gasteiger partial charge on any atom is 0.264 e. The van der Waals surface area contributed by atoms with E-state index < -0.39 is 28.5 Å². The van der Waals surface area contributed by atoms with Gasteiger partial charge in [0, 0.05) is 12.6 Å². The molecular weight excluding hydrogens is 566 g/mol. The van der Waals surface area contributed by atoms with Gasteiger partial charge in [-0.1, -0.05) is 56.2 Å². The van der Waals surface area contributed by atoms with E-state index in [1.54, 1.807) is 43.5 Å². The first kappa shape index (κ1) is 31.9. The fourth-order valence-corrected chi connectivity index (χ4v) is 6.92. The van der Waals surface area contributed by atoms with Crippen LogP contribution in [0.4, 0.5) is 5.69 Å². The minimum absolute atomic E-state index is 0.0386. The normalized spacial score (nSPS) is 14.1. The molecule has 0 heterocycles. The molecule has 4 rings (SSSR count). The Labute approximate surface area is 254 Å². The number of amides is 2. The van der Waals surface area contributed by atoms with Crippen LogP contribution < -0.4 is 19.1 Å². The third-order valence-electron chi connectivity index (χ3n) is 7.79. The van der Waals surface area contributed by atoms with Gasteiger partial charge in [-0.3, -0.25) is 13.9 Å². The van der Waals surface area contributed by atoms with E-state index in [9.17, 15) is 18.0 Å². The quantitative estimate of drug-likeness (QED) is 0.291. The number of methoxy groups -OCH3 is 2. The van der Waals surface area contributed by atoms with Gasteiger partial charge in [0.2, 0.25) is 11.8 Å². The molecule has 0 saturated heterocycles. The number of hydrogen-bond acceptors (Lipinski definition) is 6. The van der Waals surface area contributed by atoms with E-state index in [2.05, 4.69) is 5.32 Å². The number of benzene rings is 3. The van der Waals surface area contributed by atoms with Crippen molar-refractivity contribution < 1.29 is 27.5 Å². The first-order valence-electron chi connectivity index (χ1n) is 14.6. The van der Waals surface area contributed by atoms with Crippen LogP contribution in [0.1, 0.15) is 50.2 Å². The zero-order valence-corrected chi connectivity index (χ0v) is 26.1. The molecule has 0 radical (unpaired) electrons. The van der Waals surface area contributed by atoms with Gasteiger partial charge in [-0.25, -0.2) is 8.42 Å². The second-order valence-electron chi connectivity index (χ2n) is 10.8. The minimum Gasteiger partial charge on any atom is -0.497 e. The molecule has 1 saturated carbocycles. The summed E-state index contributed by atoms with van der Waals surface area (Å²) < 4.78 is 40.3. The Bertz CT molecular complexity index is 1510. The van der Waals surface area contributed by atoms with E-state index in [1.165, 1.54) is 24.1 Å². The Kier molecular flexibility index (Phi) is 10.7. The Morgan fingerprint density at radius 1 is 0.953 bits per heavy atom. The number of anilines is 1. The van der Waals surface area contributed by atoms with Crippen molar-refractivity contribution in [3.63, 3.8) is 0 Å². The molecule has 0 unspecified atom stereocenters. The van der Waals surface area contributed by atoms with Gasteiger partial charge in [0.25, 0.3) is 10.0 Å². The third-order valence-corrected chi connectivity index (χ3v) is 9.56. The topological polar surface area (TPSA) is 105 Å². The van der Waals surface area contributed by atoms with Crippen LogP contribution in [0.5, 0.6) is 11.5 Å². The maximum atomic E-state index is 14.4. The highest BCUT2D eigenvalue weighted by Gasteiger charge is 2.35. The number of nitrogens with one attached hydrogen (secondary N) is 1. The minimum atomic E-state index is -4.20. The lowest BCUT2D eigenvalue weighted by Gasteiger charge is -2.34. The third kappa shape index (κ3) is 7.67. The van der Waals surface area contributed by atoms with Gasteiger partial charge in [-0.05, 0) is 73.7 Å². The molecule has 10 heteroatoms. The first-order chi connectivity index (χ1) is 20.7. The number of ether oxygens (including phenoxy) is 2. The summed E-state index contributed by atoms with van der Waals surface area (Å²) in [7, 11) is -1.18. The van der Waals surface area contributed by atoms with Crippen molar-refractivity contribution in [3.05, 3.63) is 83.9 Å². The highest BCUT2D eigenvalue weighted by Crippen LogP contribution is 2.34. The number of hydrogen-bond donors (Lipinski definition) is 1. The van der Waals surface area contributed by atoms with Crippen LogP contribution in [0.2, 0.25) is 0 Å². The maximum absolute atomic E-state index is 14.4. The fourth-order valence-electron chi connectivity index (χ4n) is 5.48. The van der Waals surface area contributed by atoms with Crippen molar-refractivity contribution in [2.75, 3.05) is 25.1 Å². The lowest BCUT2D eigenvalue weighted by Crippen LogP contribution is -2.53. The van der Waals surface area contributed by atoms with Gasteiger partial charge in [0.05, 0.1) is 24.8 Å². The number of carbonyl (C=O) groups is 2. The van der Waals surface area contributed by atoms with Gasteiger partial charge >= 0.3 is 0 Å². The highest BCUT2D eigenvalue weighted by molar-refractivity contribution is 7.92. The summed E-state index contributed by atoms with van der Waals surface area (Å²) in [6, 6.07) is 19.7. The molecule has 0 spiro atoms. The second kappa shape index (κ2) is 14.4. The molecule has 3 aromatic carbocycles. The van der Waals surface area contributed by atoms with Gasteiger partial charge < -0.3 is 19.7 Å². The van der Waals surface area contributed by atoms with Gasteiger partial charge in [0.1, 0.15) is 24.1 Å². The molecule has 0 aromatic heterocycles. The summed E-state index contributed by atoms with van der Waals surface area (Å²) in [6.07, 6.45) is 4.27. The van der Waals surface area contributed by atoms with E-state index in [-0.39, 0.29) is 29.1 Å². The number of carbonyl (C=O) groups excluding carboxylic acids is 2. The van der Waals surface area contributed by atoms with Gasteiger partial charge in [-0.15, -0.1) is 0 Å². The largest absolute Gasteiger partial charge is 0.497 e. The first-order valence-corrected chi connectivity index (χ1v) is 16.1. The molecule has 0 aliphatic heterocycles. The summed E-state index contributed by atoms with van der Waals surface area (Å²) in [4.78, 5) is 29.5. The summed E-state index contributed by atoms with van der Waals surface area (Å²) in [5, 5.41) is 3.13. The van der Waals surface area contributed by atoms with Crippen LogP contribution >= 0.6 is 0 Å². The molecule has 3 aromatic rings. The van der Waals surface area contributed by atoms with E-state index in [1.807, 2.05) is 38.1 Å². The zero-order valence-electron chi connectivity index (χ0n) is 25.3. The van der Waals surface area contributed by atoms with E-state index in [0.717, 1.165) is 41.1 Å². The van der Waals surface area contributed by atoms with Gasteiger partial charge in [0.15, 0.2) is 0 Å². The zero-order chi connectivity index (χ0) is 31.0. The number of rotatable bonds is 13. The summed E-state index contributed by atoms with van der Waals surface area (Å²) >= 11 is 0. The van der Waals surface area contributed by atoms with Crippen LogP contribution in [-0.4, -0.2) is 58.0 Å². The fraction of sp³-hybridized carbons (Fsp3) is 0.394. The Balaban J connectivity index is 1.76. The van der Waals surface area contributed by atoms with Crippen molar-refractivity contribution in [2.24, 2.45) is 0 Å². The van der Waals surface area contributed by atoms with E-state index >= 15 is 0 Å². The monoisotopic (exact) mass is 607 g/mol. The molecule has 1 fully saturated rings. The summed E-state index contributed by atoms with van der Waals surface area (Å²) in [5.41, 5.74) is 1.79. The highest BCUT2D eigenvalue weighted by atomic mass is 32.2. The van der Waals surface area contributed by atoms with Crippen LogP contribution in [0, 0.1) is 6.92 Å².